The van der Waals surface area contributed by atoms with Gasteiger partial charge in [-0.05, 0) is 38.5 Å². The van der Waals surface area contributed by atoms with Crippen LogP contribution >= 0.6 is 15.9 Å². The SMILES string of the molecule is CC(C)(C)OC(=O)CN=Cc1ccc(Br)cc1. The summed E-state index contributed by atoms with van der Waals surface area (Å²) in [7, 11) is 0. The first-order valence-corrected chi connectivity index (χ1v) is 6.13. The van der Waals surface area contributed by atoms with Crippen molar-refractivity contribution in [3.63, 3.8) is 0 Å². The summed E-state index contributed by atoms with van der Waals surface area (Å²) in [5.74, 6) is -0.314. The fourth-order valence-electron chi connectivity index (χ4n) is 1.15. The molecule has 0 aliphatic rings. The number of hydrogen-bond donors (Lipinski definition) is 0. The van der Waals surface area contributed by atoms with Crippen molar-refractivity contribution < 1.29 is 9.53 Å². The van der Waals surface area contributed by atoms with Crippen LogP contribution in [-0.2, 0) is 9.53 Å². The maximum Gasteiger partial charge on any atom is 0.328 e. The summed E-state index contributed by atoms with van der Waals surface area (Å²) in [6.07, 6.45) is 1.66. The third-order valence-corrected chi connectivity index (χ3v) is 2.28. The molecule has 0 fully saturated rings. The first-order chi connectivity index (χ1) is 7.87. The molecule has 0 aliphatic heterocycles. The number of aliphatic imine (C=N–C) groups is 1. The molecule has 1 rings (SSSR count). The molecule has 0 aliphatic carbocycles. The van der Waals surface area contributed by atoms with E-state index in [9.17, 15) is 4.79 Å². The van der Waals surface area contributed by atoms with E-state index in [1.807, 2.05) is 45.0 Å². The molecule has 0 amide bonds. The Labute approximate surface area is 110 Å². The largest absolute Gasteiger partial charge is 0.459 e. The van der Waals surface area contributed by atoms with Crippen LogP contribution < -0.4 is 0 Å². The molecule has 1 aromatic carbocycles. The van der Waals surface area contributed by atoms with Crippen LogP contribution in [0, 0.1) is 0 Å². The summed E-state index contributed by atoms with van der Waals surface area (Å²) in [4.78, 5) is 15.4. The standard InChI is InChI=1S/C13H16BrNO2/c1-13(2,3)17-12(16)9-15-8-10-4-6-11(14)7-5-10/h4-8H,9H2,1-3H3. The van der Waals surface area contributed by atoms with Crippen LogP contribution in [0.2, 0.25) is 0 Å². The molecule has 0 bridgehead atoms. The van der Waals surface area contributed by atoms with Crippen molar-refractivity contribution in [2.75, 3.05) is 6.54 Å². The van der Waals surface area contributed by atoms with E-state index in [4.69, 9.17) is 4.74 Å². The molecule has 0 radical (unpaired) electrons. The third kappa shape index (κ3) is 6.22. The number of ether oxygens (including phenoxy) is 1. The number of rotatable bonds is 3. The highest BCUT2D eigenvalue weighted by Gasteiger charge is 2.15. The molecule has 0 spiro atoms. The smallest absolute Gasteiger partial charge is 0.328 e. The number of nitrogens with zero attached hydrogens (tertiary/aromatic N) is 1. The van der Waals surface area contributed by atoms with Crippen LogP contribution in [0.5, 0.6) is 0 Å². The third-order valence-electron chi connectivity index (χ3n) is 1.75. The van der Waals surface area contributed by atoms with Crippen LogP contribution in [0.4, 0.5) is 0 Å². The van der Waals surface area contributed by atoms with Crippen molar-refractivity contribution in [1.82, 2.24) is 0 Å². The first kappa shape index (κ1) is 13.9. The second-order valence-electron chi connectivity index (χ2n) is 4.61. The molecule has 0 unspecified atom stereocenters. The summed E-state index contributed by atoms with van der Waals surface area (Å²) in [6.45, 7) is 5.56. The quantitative estimate of drug-likeness (QED) is 0.635. The number of carbonyl (C=O) groups is 1. The zero-order valence-electron chi connectivity index (χ0n) is 10.2. The summed E-state index contributed by atoms with van der Waals surface area (Å²) >= 11 is 3.35. The van der Waals surface area contributed by atoms with Crippen molar-refractivity contribution in [3.05, 3.63) is 34.3 Å². The second kappa shape index (κ2) is 5.96. The van der Waals surface area contributed by atoms with E-state index in [-0.39, 0.29) is 12.5 Å². The molecule has 0 atom stereocenters. The highest BCUT2D eigenvalue weighted by atomic mass is 79.9. The molecule has 4 heteroatoms. The van der Waals surface area contributed by atoms with E-state index in [2.05, 4.69) is 20.9 Å². The predicted molar refractivity (Wildman–Crippen MR) is 72.4 cm³/mol. The topological polar surface area (TPSA) is 38.7 Å². The summed E-state index contributed by atoms with van der Waals surface area (Å²) in [6, 6.07) is 7.69. The predicted octanol–water partition coefficient (Wildman–Crippen LogP) is 3.21. The molecule has 0 N–H and O–H groups in total. The molecule has 17 heavy (non-hydrogen) atoms. The van der Waals surface area contributed by atoms with Crippen LogP contribution in [0.25, 0.3) is 0 Å². The van der Waals surface area contributed by atoms with Gasteiger partial charge in [0.05, 0.1) is 0 Å². The van der Waals surface area contributed by atoms with E-state index >= 15 is 0 Å². The van der Waals surface area contributed by atoms with E-state index < -0.39 is 5.60 Å². The normalized spacial score (nSPS) is 11.8. The number of benzene rings is 1. The van der Waals surface area contributed by atoms with Crippen molar-refractivity contribution in [3.8, 4) is 0 Å². The maximum absolute atomic E-state index is 11.4. The average Bonchev–Trinajstić information content (AvgIpc) is 2.18. The minimum Gasteiger partial charge on any atom is -0.459 e. The first-order valence-electron chi connectivity index (χ1n) is 5.34. The second-order valence-corrected chi connectivity index (χ2v) is 5.52. The molecule has 3 nitrogen and oxygen atoms in total. The van der Waals surface area contributed by atoms with Gasteiger partial charge < -0.3 is 4.74 Å². The lowest BCUT2D eigenvalue weighted by molar-refractivity contribution is -0.152. The fourth-order valence-corrected chi connectivity index (χ4v) is 1.41. The summed E-state index contributed by atoms with van der Waals surface area (Å²) < 4.78 is 6.15. The zero-order chi connectivity index (χ0) is 12.9. The van der Waals surface area contributed by atoms with Gasteiger partial charge in [-0.1, -0.05) is 28.1 Å². The van der Waals surface area contributed by atoms with Gasteiger partial charge in [-0.3, -0.25) is 9.79 Å². The maximum atomic E-state index is 11.4. The van der Waals surface area contributed by atoms with Gasteiger partial charge >= 0.3 is 5.97 Å². The molecule has 0 saturated heterocycles. The molecule has 1 aromatic rings. The molecule has 0 heterocycles. The number of halogens is 1. The minimum absolute atomic E-state index is 0.0489. The molecule has 0 aromatic heterocycles. The van der Waals surface area contributed by atoms with Gasteiger partial charge in [0.25, 0.3) is 0 Å². The van der Waals surface area contributed by atoms with Gasteiger partial charge in [0.2, 0.25) is 0 Å². The fraction of sp³-hybridized carbons (Fsp3) is 0.385. The lowest BCUT2D eigenvalue weighted by Crippen LogP contribution is -2.25. The van der Waals surface area contributed by atoms with Gasteiger partial charge in [0.15, 0.2) is 0 Å². The summed E-state index contributed by atoms with van der Waals surface area (Å²) in [5.41, 5.74) is 0.501. The van der Waals surface area contributed by atoms with Crippen molar-refractivity contribution >= 4 is 28.1 Å². The Kier molecular flexibility index (Phi) is 4.87. The number of esters is 1. The Morgan fingerprint density at radius 1 is 1.35 bits per heavy atom. The van der Waals surface area contributed by atoms with Gasteiger partial charge in [0, 0.05) is 10.7 Å². The van der Waals surface area contributed by atoms with Crippen LogP contribution in [0.1, 0.15) is 26.3 Å². The zero-order valence-corrected chi connectivity index (χ0v) is 11.8. The van der Waals surface area contributed by atoms with Crippen molar-refractivity contribution in [2.24, 2.45) is 4.99 Å². The molecular formula is C13H16BrNO2. The van der Waals surface area contributed by atoms with Gasteiger partial charge in [-0.2, -0.15) is 0 Å². The van der Waals surface area contributed by atoms with E-state index in [1.54, 1.807) is 6.21 Å². The lowest BCUT2D eigenvalue weighted by atomic mass is 10.2. The highest BCUT2D eigenvalue weighted by Crippen LogP contribution is 2.09. The Morgan fingerprint density at radius 2 is 1.94 bits per heavy atom. The minimum atomic E-state index is -0.454. The van der Waals surface area contributed by atoms with Crippen molar-refractivity contribution in [1.29, 1.82) is 0 Å². The number of hydrogen-bond acceptors (Lipinski definition) is 3. The van der Waals surface area contributed by atoms with E-state index in [1.165, 1.54) is 0 Å². The number of carbonyl (C=O) groups excluding carboxylic acids is 1. The Bertz CT molecular complexity index is 404. The van der Waals surface area contributed by atoms with Crippen LogP contribution in [-0.4, -0.2) is 24.3 Å². The van der Waals surface area contributed by atoms with Gasteiger partial charge in [-0.25, -0.2) is 0 Å². The van der Waals surface area contributed by atoms with Crippen molar-refractivity contribution in [2.45, 2.75) is 26.4 Å². The highest BCUT2D eigenvalue weighted by molar-refractivity contribution is 9.10. The monoisotopic (exact) mass is 297 g/mol. The van der Waals surface area contributed by atoms with Crippen LogP contribution in [0.15, 0.2) is 33.7 Å². The Morgan fingerprint density at radius 3 is 2.47 bits per heavy atom. The average molecular weight is 298 g/mol. The molecule has 92 valence electrons. The van der Waals surface area contributed by atoms with Crippen LogP contribution in [0.3, 0.4) is 0 Å². The Balaban J connectivity index is 2.45. The molecule has 0 saturated carbocycles. The van der Waals surface area contributed by atoms with Gasteiger partial charge in [-0.15, -0.1) is 0 Å². The lowest BCUT2D eigenvalue weighted by Gasteiger charge is -2.18. The van der Waals surface area contributed by atoms with E-state index in [0.29, 0.717) is 0 Å². The molecular weight excluding hydrogens is 282 g/mol. The summed E-state index contributed by atoms with van der Waals surface area (Å²) in [5, 5.41) is 0. The Hall–Kier alpha value is -1.16. The van der Waals surface area contributed by atoms with E-state index in [0.717, 1.165) is 10.0 Å². The van der Waals surface area contributed by atoms with Gasteiger partial charge in [0.1, 0.15) is 12.1 Å².